The Balaban J connectivity index is 1.59. The quantitative estimate of drug-likeness (QED) is 0.324. The molecule has 0 fully saturated rings. The summed E-state index contributed by atoms with van der Waals surface area (Å²) < 4.78 is 39.8. The molecule has 0 saturated heterocycles. The maximum atomic E-state index is 13.1. The molecule has 1 heterocycles. The summed E-state index contributed by atoms with van der Waals surface area (Å²) in [6, 6.07) is 21.8. The normalized spacial score (nSPS) is 12.8. The molecule has 3 aromatic carbocycles. The Morgan fingerprint density at radius 3 is 2.34 bits per heavy atom. The fraction of sp³-hybridized carbons (Fsp3) is 0.185. The van der Waals surface area contributed by atoms with Gasteiger partial charge in [0.1, 0.15) is 6.04 Å². The van der Waals surface area contributed by atoms with E-state index in [9.17, 15) is 22.8 Å². The van der Waals surface area contributed by atoms with Crippen molar-refractivity contribution in [1.82, 2.24) is 9.88 Å². The summed E-state index contributed by atoms with van der Waals surface area (Å²) >= 11 is 0. The van der Waals surface area contributed by atoms with Crippen molar-refractivity contribution in [2.24, 2.45) is 0 Å². The third-order valence-electron chi connectivity index (χ3n) is 5.77. The number of carbonyl (C=O) groups is 2. The maximum Gasteiger partial charge on any atom is 0.454 e. The largest absolute Gasteiger partial charge is 0.454 e. The Morgan fingerprint density at radius 2 is 1.63 bits per heavy atom. The number of aromatic nitrogens is 1. The van der Waals surface area contributed by atoms with Gasteiger partial charge in [-0.3, -0.25) is 9.59 Å². The molecule has 8 heteroatoms. The van der Waals surface area contributed by atoms with Crippen LogP contribution in [0.15, 0.2) is 85.1 Å². The van der Waals surface area contributed by atoms with Crippen molar-refractivity contribution in [2.75, 3.05) is 5.32 Å². The number of amides is 1. The molecule has 4 aromatic rings. The topological polar surface area (TPSA) is 63.1 Å². The standard InChI is InChI=1S/C27H24F3N3O2/c1-2-33-23-11-7-6-10-20(23)21-17-19(12-13-24(21)33)32-26(35)22(16-18-8-4-3-5-9-18)31-15-14-25(34)27(28,29)30/h3-15,17,22,31H,2,16H2,1H3,(H,32,35)/b15-14+. The molecule has 180 valence electrons. The second-order valence-corrected chi connectivity index (χ2v) is 8.09. The minimum atomic E-state index is -4.97. The molecule has 1 aromatic heterocycles. The fourth-order valence-corrected chi connectivity index (χ4v) is 4.11. The molecule has 1 atom stereocenters. The highest BCUT2D eigenvalue weighted by Gasteiger charge is 2.36. The van der Waals surface area contributed by atoms with E-state index in [1.165, 1.54) is 0 Å². The Labute approximate surface area is 200 Å². The first-order valence-electron chi connectivity index (χ1n) is 11.2. The molecule has 4 rings (SSSR count). The Bertz CT molecular complexity index is 1390. The number of para-hydroxylation sites is 1. The zero-order valence-electron chi connectivity index (χ0n) is 19.0. The van der Waals surface area contributed by atoms with Crippen molar-refractivity contribution in [3.8, 4) is 0 Å². The minimum absolute atomic E-state index is 0.217. The van der Waals surface area contributed by atoms with E-state index < -0.39 is 23.9 Å². The second kappa shape index (κ2) is 10.0. The molecule has 35 heavy (non-hydrogen) atoms. The molecule has 1 unspecified atom stereocenters. The molecule has 0 bridgehead atoms. The number of nitrogens with one attached hydrogen (secondary N) is 2. The molecular weight excluding hydrogens is 455 g/mol. The van der Waals surface area contributed by atoms with Crippen molar-refractivity contribution < 1.29 is 22.8 Å². The van der Waals surface area contributed by atoms with E-state index in [1.54, 1.807) is 6.07 Å². The van der Waals surface area contributed by atoms with Crippen LogP contribution >= 0.6 is 0 Å². The monoisotopic (exact) mass is 479 g/mol. The predicted octanol–water partition coefficient (Wildman–Crippen LogP) is 5.60. The number of anilines is 1. The van der Waals surface area contributed by atoms with Crippen molar-refractivity contribution >= 4 is 39.2 Å². The summed E-state index contributed by atoms with van der Waals surface area (Å²) in [6.07, 6.45) is -3.49. The Kier molecular flexibility index (Phi) is 6.91. The number of aryl methyl sites for hydroxylation is 1. The smallest absolute Gasteiger partial charge is 0.379 e. The number of halogens is 3. The number of rotatable bonds is 8. The number of hydrogen-bond acceptors (Lipinski definition) is 3. The van der Waals surface area contributed by atoms with Gasteiger partial charge in [-0.1, -0.05) is 48.5 Å². The third kappa shape index (κ3) is 5.37. The van der Waals surface area contributed by atoms with Crippen LogP contribution in [0.25, 0.3) is 21.8 Å². The lowest BCUT2D eigenvalue weighted by atomic mass is 10.0. The fourth-order valence-electron chi connectivity index (χ4n) is 4.11. The van der Waals surface area contributed by atoms with Gasteiger partial charge in [-0.05, 0) is 36.8 Å². The van der Waals surface area contributed by atoms with Gasteiger partial charge in [-0.25, -0.2) is 0 Å². The molecule has 0 radical (unpaired) electrons. The van der Waals surface area contributed by atoms with Gasteiger partial charge in [-0.15, -0.1) is 0 Å². The van der Waals surface area contributed by atoms with E-state index in [2.05, 4.69) is 22.1 Å². The summed E-state index contributed by atoms with van der Waals surface area (Å²) in [6.45, 7) is 2.86. The third-order valence-corrected chi connectivity index (χ3v) is 5.77. The van der Waals surface area contributed by atoms with Crippen molar-refractivity contribution in [3.63, 3.8) is 0 Å². The van der Waals surface area contributed by atoms with Gasteiger partial charge in [0.15, 0.2) is 0 Å². The summed E-state index contributed by atoms with van der Waals surface area (Å²) in [4.78, 5) is 24.3. The van der Waals surface area contributed by atoms with Gasteiger partial charge in [-0.2, -0.15) is 13.2 Å². The van der Waals surface area contributed by atoms with Gasteiger partial charge in [0.2, 0.25) is 5.91 Å². The van der Waals surface area contributed by atoms with Gasteiger partial charge in [0.25, 0.3) is 5.78 Å². The average molecular weight is 480 g/mol. The van der Waals surface area contributed by atoms with Crippen LogP contribution in [0, 0.1) is 0 Å². The van der Waals surface area contributed by atoms with Crippen LogP contribution in [0.3, 0.4) is 0 Å². The summed E-state index contributed by atoms with van der Waals surface area (Å²) in [7, 11) is 0. The number of fused-ring (bicyclic) bond motifs is 3. The maximum absolute atomic E-state index is 13.1. The number of nitrogens with zero attached hydrogens (tertiary/aromatic N) is 1. The first-order chi connectivity index (χ1) is 16.8. The lowest BCUT2D eigenvalue weighted by Gasteiger charge is -2.18. The second-order valence-electron chi connectivity index (χ2n) is 8.09. The van der Waals surface area contributed by atoms with E-state index in [1.807, 2.05) is 66.7 Å². The average Bonchev–Trinajstić information content (AvgIpc) is 3.16. The number of alkyl halides is 3. The van der Waals surface area contributed by atoms with Gasteiger partial charge < -0.3 is 15.2 Å². The first kappa shape index (κ1) is 24.1. The lowest BCUT2D eigenvalue weighted by molar-refractivity contribution is -0.165. The molecule has 0 aliphatic heterocycles. The number of hydrogen-bond donors (Lipinski definition) is 2. The summed E-state index contributed by atoms with van der Waals surface area (Å²) in [5.74, 6) is -2.43. The van der Waals surface area contributed by atoms with Crippen LogP contribution in [-0.4, -0.2) is 28.5 Å². The Hall–Kier alpha value is -4.07. The molecule has 0 spiro atoms. The molecular formula is C27H24F3N3O2. The van der Waals surface area contributed by atoms with Gasteiger partial charge in [0.05, 0.1) is 0 Å². The molecule has 2 N–H and O–H groups in total. The summed E-state index contributed by atoms with van der Waals surface area (Å²) in [5.41, 5.74) is 3.52. The Morgan fingerprint density at radius 1 is 0.943 bits per heavy atom. The minimum Gasteiger partial charge on any atom is -0.379 e. The highest BCUT2D eigenvalue weighted by Crippen LogP contribution is 2.31. The van der Waals surface area contributed by atoms with Crippen LogP contribution in [-0.2, 0) is 22.6 Å². The van der Waals surface area contributed by atoms with Crippen molar-refractivity contribution in [1.29, 1.82) is 0 Å². The van der Waals surface area contributed by atoms with E-state index in [-0.39, 0.29) is 6.42 Å². The lowest BCUT2D eigenvalue weighted by Crippen LogP contribution is -2.39. The zero-order valence-corrected chi connectivity index (χ0v) is 19.0. The molecule has 0 aliphatic rings. The molecule has 1 amide bonds. The molecule has 0 saturated carbocycles. The van der Waals surface area contributed by atoms with Gasteiger partial charge >= 0.3 is 6.18 Å². The van der Waals surface area contributed by atoms with Crippen LogP contribution in [0.2, 0.25) is 0 Å². The van der Waals surface area contributed by atoms with Crippen LogP contribution in [0.5, 0.6) is 0 Å². The predicted molar refractivity (Wildman–Crippen MR) is 131 cm³/mol. The van der Waals surface area contributed by atoms with E-state index >= 15 is 0 Å². The van der Waals surface area contributed by atoms with Gasteiger partial charge in [0, 0.05) is 52.7 Å². The van der Waals surface area contributed by atoms with Crippen LogP contribution in [0.1, 0.15) is 12.5 Å². The summed E-state index contributed by atoms with van der Waals surface area (Å²) in [5, 5.41) is 7.57. The molecule has 0 aliphatic carbocycles. The SMILES string of the molecule is CCn1c2ccccc2c2cc(NC(=O)C(Cc3ccccc3)N/C=C/C(=O)C(F)(F)F)ccc21. The first-order valence-corrected chi connectivity index (χ1v) is 11.2. The number of carbonyl (C=O) groups excluding carboxylic acids is 2. The number of allylic oxidation sites excluding steroid dienone is 1. The van der Waals surface area contributed by atoms with Crippen molar-refractivity contribution in [3.05, 3.63) is 90.6 Å². The van der Waals surface area contributed by atoms with Crippen LogP contribution in [0.4, 0.5) is 18.9 Å². The number of benzene rings is 3. The van der Waals surface area contributed by atoms with Crippen molar-refractivity contribution in [2.45, 2.75) is 32.1 Å². The number of ketones is 1. The highest BCUT2D eigenvalue weighted by atomic mass is 19.4. The highest BCUT2D eigenvalue weighted by molar-refractivity contribution is 6.10. The van der Waals surface area contributed by atoms with Crippen LogP contribution < -0.4 is 10.6 Å². The molecule has 5 nitrogen and oxygen atoms in total. The zero-order chi connectivity index (χ0) is 25.0. The van der Waals surface area contributed by atoms with E-state index in [4.69, 9.17) is 0 Å². The van der Waals surface area contributed by atoms with E-state index in [0.29, 0.717) is 11.8 Å². The van der Waals surface area contributed by atoms with E-state index in [0.717, 1.165) is 40.1 Å².